The Hall–Kier alpha value is -1.87. The maximum Gasteiger partial charge on any atom is 0.128 e. The monoisotopic (exact) mass is 271 g/mol. The van der Waals surface area contributed by atoms with Crippen LogP contribution >= 0.6 is 11.6 Å². The van der Waals surface area contributed by atoms with Crippen LogP contribution in [-0.2, 0) is 6.54 Å². The Balaban J connectivity index is 2.12. The summed E-state index contributed by atoms with van der Waals surface area (Å²) < 4.78 is 2.13. The standard InChI is InChI=1S/C15H14ClN3/c1-11(16)15-18-13-7-2-3-8-14(13)19(15)10-12-6-4-5-9-17-12/h2-9,11H,10H2,1H3. The molecule has 96 valence electrons. The van der Waals surface area contributed by atoms with Gasteiger partial charge in [0.2, 0.25) is 0 Å². The van der Waals surface area contributed by atoms with Gasteiger partial charge in [0.05, 0.1) is 28.6 Å². The van der Waals surface area contributed by atoms with Crippen LogP contribution in [0.2, 0.25) is 0 Å². The van der Waals surface area contributed by atoms with Crippen LogP contribution in [0, 0.1) is 0 Å². The molecule has 0 aliphatic carbocycles. The van der Waals surface area contributed by atoms with Gasteiger partial charge in [-0.15, -0.1) is 11.6 Å². The van der Waals surface area contributed by atoms with Gasteiger partial charge in [0.1, 0.15) is 5.82 Å². The summed E-state index contributed by atoms with van der Waals surface area (Å²) in [5.74, 6) is 0.883. The van der Waals surface area contributed by atoms with E-state index in [4.69, 9.17) is 11.6 Å². The quantitative estimate of drug-likeness (QED) is 0.679. The van der Waals surface area contributed by atoms with Crippen LogP contribution in [0.4, 0.5) is 0 Å². The predicted octanol–water partition coefficient (Wildman–Crippen LogP) is 3.78. The number of aromatic nitrogens is 3. The van der Waals surface area contributed by atoms with Gasteiger partial charge in [-0.3, -0.25) is 4.98 Å². The molecule has 0 saturated heterocycles. The average molecular weight is 272 g/mol. The van der Waals surface area contributed by atoms with Gasteiger partial charge < -0.3 is 4.57 Å². The number of benzene rings is 1. The van der Waals surface area contributed by atoms with E-state index in [1.165, 1.54) is 0 Å². The van der Waals surface area contributed by atoms with Crippen LogP contribution in [0.1, 0.15) is 23.8 Å². The number of hydrogen-bond acceptors (Lipinski definition) is 2. The third-order valence-corrected chi connectivity index (χ3v) is 3.28. The van der Waals surface area contributed by atoms with E-state index in [2.05, 4.69) is 20.6 Å². The molecule has 1 atom stereocenters. The van der Waals surface area contributed by atoms with E-state index < -0.39 is 0 Å². The van der Waals surface area contributed by atoms with E-state index in [0.717, 1.165) is 22.6 Å². The molecule has 1 aromatic carbocycles. The molecule has 1 unspecified atom stereocenters. The molecule has 0 bridgehead atoms. The van der Waals surface area contributed by atoms with Crippen molar-refractivity contribution >= 4 is 22.6 Å². The normalized spacial score (nSPS) is 12.7. The van der Waals surface area contributed by atoms with Crippen molar-refractivity contribution in [2.24, 2.45) is 0 Å². The number of rotatable bonds is 3. The second-order valence-electron chi connectivity index (χ2n) is 4.48. The van der Waals surface area contributed by atoms with Gasteiger partial charge in [-0.05, 0) is 31.2 Å². The van der Waals surface area contributed by atoms with E-state index in [0.29, 0.717) is 6.54 Å². The molecular formula is C15H14ClN3. The number of halogens is 1. The van der Waals surface area contributed by atoms with Gasteiger partial charge in [-0.25, -0.2) is 4.98 Å². The summed E-state index contributed by atoms with van der Waals surface area (Å²) in [4.78, 5) is 8.98. The highest BCUT2D eigenvalue weighted by Crippen LogP contribution is 2.25. The van der Waals surface area contributed by atoms with Gasteiger partial charge in [0.15, 0.2) is 0 Å². The van der Waals surface area contributed by atoms with Crippen LogP contribution in [0.3, 0.4) is 0 Å². The van der Waals surface area contributed by atoms with Gasteiger partial charge >= 0.3 is 0 Å². The van der Waals surface area contributed by atoms with Crippen LogP contribution in [0.15, 0.2) is 48.7 Å². The number of hydrogen-bond donors (Lipinski definition) is 0. The highest BCUT2D eigenvalue weighted by atomic mass is 35.5. The fourth-order valence-electron chi connectivity index (χ4n) is 2.22. The van der Waals surface area contributed by atoms with Crippen molar-refractivity contribution in [3.8, 4) is 0 Å². The lowest BCUT2D eigenvalue weighted by Gasteiger charge is -2.09. The SMILES string of the molecule is CC(Cl)c1nc2ccccc2n1Cc1ccccn1. The smallest absolute Gasteiger partial charge is 0.128 e. The zero-order valence-electron chi connectivity index (χ0n) is 10.6. The van der Waals surface area contributed by atoms with Crippen LogP contribution in [0.5, 0.6) is 0 Å². The molecule has 2 heterocycles. The third kappa shape index (κ3) is 2.34. The molecule has 0 amide bonds. The molecule has 2 aromatic heterocycles. The molecule has 4 heteroatoms. The summed E-state index contributed by atoms with van der Waals surface area (Å²) in [7, 11) is 0. The van der Waals surface area contributed by atoms with Gasteiger partial charge in [0, 0.05) is 6.20 Å². The van der Waals surface area contributed by atoms with Crippen LogP contribution in [0.25, 0.3) is 11.0 Å². The summed E-state index contributed by atoms with van der Waals surface area (Å²) in [6, 6.07) is 14.0. The first-order valence-electron chi connectivity index (χ1n) is 6.25. The molecule has 0 saturated carbocycles. The lowest BCUT2D eigenvalue weighted by atomic mass is 10.3. The van der Waals surface area contributed by atoms with Crippen LogP contribution in [-0.4, -0.2) is 14.5 Å². The summed E-state index contributed by atoms with van der Waals surface area (Å²) >= 11 is 6.24. The molecule has 0 spiro atoms. The minimum Gasteiger partial charge on any atom is -0.321 e. The van der Waals surface area contributed by atoms with E-state index in [1.807, 2.05) is 43.3 Å². The van der Waals surface area contributed by atoms with Crippen molar-refractivity contribution in [3.63, 3.8) is 0 Å². The first kappa shape index (κ1) is 12.2. The molecular weight excluding hydrogens is 258 g/mol. The van der Waals surface area contributed by atoms with Crippen molar-refractivity contribution in [1.82, 2.24) is 14.5 Å². The van der Waals surface area contributed by atoms with Crippen molar-refractivity contribution in [2.45, 2.75) is 18.8 Å². The molecule has 0 N–H and O–H groups in total. The second-order valence-corrected chi connectivity index (χ2v) is 5.14. The Morgan fingerprint density at radius 3 is 2.68 bits per heavy atom. The minimum atomic E-state index is -0.129. The Morgan fingerprint density at radius 2 is 1.95 bits per heavy atom. The molecule has 0 radical (unpaired) electrons. The first-order valence-corrected chi connectivity index (χ1v) is 6.68. The Kier molecular flexibility index (Phi) is 3.22. The van der Waals surface area contributed by atoms with Gasteiger partial charge in [0.25, 0.3) is 0 Å². The summed E-state index contributed by atoms with van der Waals surface area (Å²) in [5, 5.41) is -0.129. The van der Waals surface area contributed by atoms with Crippen molar-refractivity contribution in [1.29, 1.82) is 0 Å². The fraction of sp³-hybridized carbons (Fsp3) is 0.200. The molecule has 3 rings (SSSR count). The zero-order valence-corrected chi connectivity index (χ0v) is 11.4. The summed E-state index contributed by atoms with van der Waals surface area (Å²) in [6.45, 7) is 2.63. The number of alkyl halides is 1. The lowest BCUT2D eigenvalue weighted by molar-refractivity contribution is 0.727. The van der Waals surface area contributed by atoms with Gasteiger partial charge in [-0.2, -0.15) is 0 Å². The molecule has 3 nitrogen and oxygen atoms in total. The zero-order chi connectivity index (χ0) is 13.2. The predicted molar refractivity (Wildman–Crippen MR) is 77.3 cm³/mol. The maximum absolute atomic E-state index is 6.24. The Bertz CT molecular complexity index is 689. The molecule has 19 heavy (non-hydrogen) atoms. The average Bonchev–Trinajstić information content (AvgIpc) is 2.79. The highest BCUT2D eigenvalue weighted by Gasteiger charge is 2.14. The van der Waals surface area contributed by atoms with Gasteiger partial charge in [-0.1, -0.05) is 18.2 Å². The number of nitrogens with zero attached hydrogens (tertiary/aromatic N) is 3. The van der Waals surface area contributed by atoms with Crippen LogP contribution < -0.4 is 0 Å². The number of para-hydroxylation sites is 2. The van der Waals surface area contributed by atoms with Crippen molar-refractivity contribution in [2.75, 3.05) is 0 Å². The topological polar surface area (TPSA) is 30.7 Å². The summed E-state index contributed by atoms with van der Waals surface area (Å²) in [5.41, 5.74) is 3.07. The highest BCUT2D eigenvalue weighted by molar-refractivity contribution is 6.20. The third-order valence-electron chi connectivity index (χ3n) is 3.09. The number of imidazole rings is 1. The largest absolute Gasteiger partial charge is 0.321 e. The summed E-state index contributed by atoms with van der Waals surface area (Å²) in [6.07, 6.45) is 1.80. The number of pyridine rings is 1. The molecule has 0 aliphatic rings. The molecule has 0 fully saturated rings. The molecule has 3 aromatic rings. The minimum absolute atomic E-state index is 0.129. The van der Waals surface area contributed by atoms with E-state index >= 15 is 0 Å². The Morgan fingerprint density at radius 1 is 1.16 bits per heavy atom. The van der Waals surface area contributed by atoms with E-state index in [9.17, 15) is 0 Å². The molecule has 0 aliphatic heterocycles. The van der Waals surface area contributed by atoms with Crippen molar-refractivity contribution < 1.29 is 0 Å². The van der Waals surface area contributed by atoms with E-state index in [-0.39, 0.29) is 5.38 Å². The fourth-order valence-corrected chi connectivity index (χ4v) is 2.38. The first-order chi connectivity index (χ1) is 9.25. The lowest BCUT2D eigenvalue weighted by Crippen LogP contribution is -2.06. The van der Waals surface area contributed by atoms with E-state index in [1.54, 1.807) is 6.20 Å². The van der Waals surface area contributed by atoms with Crippen molar-refractivity contribution in [3.05, 3.63) is 60.2 Å². The second kappa shape index (κ2) is 5.02. The number of fused-ring (bicyclic) bond motifs is 1. The maximum atomic E-state index is 6.24. The Labute approximate surface area is 116 Å².